The van der Waals surface area contributed by atoms with Crippen molar-refractivity contribution in [1.82, 2.24) is 4.90 Å². The molecule has 0 unspecified atom stereocenters. The standard InChI is InChI=1S/C7H12N2O/c1-4-7(10)9(5-8)6(2)3/h6H,4H2,1-3H3. The second-order valence-electron chi connectivity index (χ2n) is 2.31. The van der Waals surface area contributed by atoms with Crippen molar-refractivity contribution in [3.63, 3.8) is 0 Å². The third-order valence-corrected chi connectivity index (χ3v) is 1.20. The molecule has 0 fully saturated rings. The maximum absolute atomic E-state index is 10.9. The van der Waals surface area contributed by atoms with E-state index in [-0.39, 0.29) is 11.9 Å². The molecule has 0 spiro atoms. The minimum Gasteiger partial charge on any atom is -0.274 e. The van der Waals surface area contributed by atoms with E-state index in [0.29, 0.717) is 6.42 Å². The Balaban J connectivity index is 4.11. The molecule has 0 aromatic carbocycles. The fourth-order valence-corrected chi connectivity index (χ4v) is 0.630. The van der Waals surface area contributed by atoms with Crippen molar-refractivity contribution in [2.75, 3.05) is 0 Å². The number of hydrogen-bond acceptors (Lipinski definition) is 2. The van der Waals surface area contributed by atoms with Gasteiger partial charge in [-0.2, -0.15) is 5.26 Å². The van der Waals surface area contributed by atoms with E-state index in [1.807, 2.05) is 20.0 Å². The number of nitriles is 1. The molecule has 56 valence electrons. The predicted molar refractivity (Wildman–Crippen MR) is 37.9 cm³/mol. The number of carbonyl (C=O) groups excluding carboxylic acids is 1. The van der Waals surface area contributed by atoms with E-state index >= 15 is 0 Å². The van der Waals surface area contributed by atoms with E-state index in [0.717, 1.165) is 0 Å². The molecule has 0 aliphatic carbocycles. The van der Waals surface area contributed by atoms with E-state index in [1.165, 1.54) is 4.90 Å². The van der Waals surface area contributed by atoms with Gasteiger partial charge in [0, 0.05) is 12.5 Å². The molecule has 0 aliphatic rings. The van der Waals surface area contributed by atoms with Gasteiger partial charge in [-0.1, -0.05) is 6.92 Å². The first kappa shape index (κ1) is 8.96. The highest BCUT2D eigenvalue weighted by atomic mass is 16.2. The molecule has 0 radical (unpaired) electrons. The van der Waals surface area contributed by atoms with Crippen LogP contribution >= 0.6 is 0 Å². The molecule has 0 saturated heterocycles. The summed E-state index contributed by atoms with van der Waals surface area (Å²) in [5.41, 5.74) is 0. The molecule has 0 aromatic heterocycles. The lowest BCUT2D eigenvalue weighted by Gasteiger charge is -2.15. The van der Waals surface area contributed by atoms with Gasteiger partial charge in [0.1, 0.15) is 0 Å². The van der Waals surface area contributed by atoms with Gasteiger partial charge >= 0.3 is 0 Å². The highest BCUT2D eigenvalue weighted by molar-refractivity contribution is 5.77. The molecular formula is C7H12N2O. The monoisotopic (exact) mass is 140 g/mol. The van der Waals surface area contributed by atoms with Crippen molar-refractivity contribution in [2.24, 2.45) is 0 Å². The summed E-state index contributed by atoms with van der Waals surface area (Å²) in [5, 5.41) is 8.45. The molecule has 10 heavy (non-hydrogen) atoms. The van der Waals surface area contributed by atoms with Gasteiger partial charge < -0.3 is 0 Å². The van der Waals surface area contributed by atoms with Crippen LogP contribution < -0.4 is 0 Å². The Morgan fingerprint density at radius 1 is 1.70 bits per heavy atom. The van der Waals surface area contributed by atoms with Crippen LogP contribution in [0.2, 0.25) is 0 Å². The molecule has 0 saturated carbocycles. The van der Waals surface area contributed by atoms with Gasteiger partial charge in [-0.3, -0.25) is 4.79 Å². The topological polar surface area (TPSA) is 44.1 Å². The molecule has 3 heteroatoms. The third kappa shape index (κ3) is 2.06. The minimum absolute atomic E-state index is 0.0163. The fraction of sp³-hybridized carbons (Fsp3) is 0.714. The summed E-state index contributed by atoms with van der Waals surface area (Å²) in [4.78, 5) is 12.1. The van der Waals surface area contributed by atoms with Gasteiger partial charge in [0.2, 0.25) is 5.91 Å². The van der Waals surface area contributed by atoms with Gasteiger partial charge in [0.15, 0.2) is 6.19 Å². The van der Waals surface area contributed by atoms with Crippen molar-refractivity contribution in [3.8, 4) is 6.19 Å². The van der Waals surface area contributed by atoms with E-state index < -0.39 is 0 Å². The van der Waals surface area contributed by atoms with Gasteiger partial charge in [0.05, 0.1) is 0 Å². The summed E-state index contributed by atoms with van der Waals surface area (Å²) < 4.78 is 0. The summed E-state index contributed by atoms with van der Waals surface area (Å²) in [6.45, 7) is 5.38. The lowest BCUT2D eigenvalue weighted by atomic mass is 10.3. The molecule has 0 atom stereocenters. The molecule has 3 nitrogen and oxygen atoms in total. The van der Waals surface area contributed by atoms with Gasteiger partial charge in [0.25, 0.3) is 0 Å². The largest absolute Gasteiger partial charge is 0.274 e. The lowest BCUT2D eigenvalue weighted by molar-refractivity contribution is -0.129. The van der Waals surface area contributed by atoms with E-state index in [9.17, 15) is 4.79 Å². The van der Waals surface area contributed by atoms with Crippen molar-refractivity contribution < 1.29 is 4.79 Å². The first-order valence-corrected chi connectivity index (χ1v) is 3.35. The van der Waals surface area contributed by atoms with Crippen molar-refractivity contribution in [3.05, 3.63) is 0 Å². The maximum atomic E-state index is 10.9. The third-order valence-electron chi connectivity index (χ3n) is 1.20. The predicted octanol–water partition coefficient (Wildman–Crippen LogP) is 1.11. The molecule has 0 N–H and O–H groups in total. The van der Waals surface area contributed by atoms with Crippen molar-refractivity contribution in [2.45, 2.75) is 33.2 Å². The van der Waals surface area contributed by atoms with Crippen LogP contribution in [0.5, 0.6) is 0 Å². The van der Waals surface area contributed by atoms with Crippen molar-refractivity contribution in [1.29, 1.82) is 5.26 Å². The highest BCUT2D eigenvalue weighted by Gasteiger charge is 2.12. The molecule has 0 heterocycles. The number of amides is 1. The second-order valence-corrected chi connectivity index (χ2v) is 2.31. The summed E-state index contributed by atoms with van der Waals surface area (Å²) in [6, 6.07) is -0.0163. The SMILES string of the molecule is CCC(=O)N(C#N)C(C)C. The van der Waals surface area contributed by atoms with Crippen molar-refractivity contribution >= 4 is 5.91 Å². The van der Waals surface area contributed by atoms with E-state index in [2.05, 4.69) is 0 Å². The van der Waals surface area contributed by atoms with Crippen LogP contribution in [-0.2, 0) is 4.79 Å². The second kappa shape index (κ2) is 3.89. The van der Waals surface area contributed by atoms with Gasteiger partial charge in [-0.25, -0.2) is 4.90 Å². The van der Waals surface area contributed by atoms with Crippen LogP contribution in [-0.4, -0.2) is 16.8 Å². The zero-order valence-corrected chi connectivity index (χ0v) is 6.59. The van der Waals surface area contributed by atoms with Crippen LogP contribution in [0.1, 0.15) is 27.2 Å². The quantitative estimate of drug-likeness (QED) is 0.426. The first-order valence-electron chi connectivity index (χ1n) is 3.35. The van der Waals surface area contributed by atoms with Crippen LogP contribution in [0.3, 0.4) is 0 Å². The highest BCUT2D eigenvalue weighted by Crippen LogP contribution is 1.98. The average molecular weight is 140 g/mol. The Labute approximate surface area is 61.2 Å². The molecule has 1 amide bonds. The maximum Gasteiger partial charge on any atom is 0.235 e. The Morgan fingerprint density at radius 2 is 2.20 bits per heavy atom. The molecule has 0 rings (SSSR count). The summed E-state index contributed by atoms with van der Waals surface area (Å²) in [7, 11) is 0. The molecular weight excluding hydrogens is 128 g/mol. The smallest absolute Gasteiger partial charge is 0.235 e. The molecule has 0 bridgehead atoms. The number of hydrogen-bond donors (Lipinski definition) is 0. The first-order chi connectivity index (χ1) is 4.63. The summed E-state index contributed by atoms with van der Waals surface area (Å²) in [6.07, 6.45) is 2.23. The van der Waals surface area contributed by atoms with Crippen LogP contribution in [0.15, 0.2) is 0 Å². The Morgan fingerprint density at radius 3 is 2.30 bits per heavy atom. The van der Waals surface area contributed by atoms with Crippen LogP contribution in [0.25, 0.3) is 0 Å². The van der Waals surface area contributed by atoms with E-state index in [4.69, 9.17) is 5.26 Å². The molecule has 0 aliphatic heterocycles. The minimum atomic E-state index is -0.113. The summed E-state index contributed by atoms with van der Waals surface area (Å²) in [5.74, 6) is -0.113. The Hall–Kier alpha value is -1.04. The lowest BCUT2D eigenvalue weighted by Crippen LogP contribution is -2.31. The average Bonchev–Trinajstić information content (AvgIpc) is 1.88. The van der Waals surface area contributed by atoms with E-state index in [1.54, 1.807) is 6.92 Å². The number of nitrogens with zero attached hydrogens (tertiary/aromatic N) is 2. The van der Waals surface area contributed by atoms with Gasteiger partial charge in [-0.15, -0.1) is 0 Å². The zero-order valence-electron chi connectivity index (χ0n) is 6.59. The fourth-order valence-electron chi connectivity index (χ4n) is 0.630. The summed E-state index contributed by atoms with van der Waals surface area (Å²) >= 11 is 0. The Kier molecular flexibility index (Phi) is 3.48. The van der Waals surface area contributed by atoms with Gasteiger partial charge in [-0.05, 0) is 13.8 Å². The van der Waals surface area contributed by atoms with Crippen LogP contribution in [0.4, 0.5) is 0 Å². The normalized spacial score (nSPS) is 9.10. The zero-order chi connectivity index (χ0) is 8.15. The Bertz CT molecular complexity index is 157. The van der Waals surface area contributed by atoms with Crippen LogP contribution in [0, 0.1) is 11.5 Å². The number of rotatable bonds is 2. The molecule has 0 aromatic rings. The number of carbonyl (C=O) groups is 1.